The monoisotopic (exact) mass is 293 g/mol. The Morgan fingerprint density at radius 3 is 2.60 bits per heavy atom. The van der Waals surface area contributed by atoms with Gasteiger partial charge in [0.05, 0.1) is 6.20 Å². The molecular formula is C14H20ClN5. The van der Waals surface area contributed by atoms with Crippen LogP contribution in [0.1, 0.15) is 45.1 Å². The summed E-state index contributed by atoms with van der Waals surface area (Å²) in [4.78, 5) is 11.3. The van der Waals surface area contributed by atoms with Gasteiger partial charge in [0.25, 0.3) is 0 Å². The quantitative estimate of drug-likeness (QED) is 0.853. The predicted octanol–water partition coefficient (Wildman–Crippen LogP) is 3.14. The first kappa shape index (κ1) is 13.6. The summed E-state index contributed by atoms with van der Waals surface area (Å²) in [5.74, 6) is 1.89. The van der Waals surface area contributed by atoms with Crippen molar-refractivity contribution >= 4 is 23.2 Å². The molecule has 0 atom stereocenters. The first-order chi connectivity index (χ1) is 9.56. The van der Waals surface area contributed by atoms with Gasteiger partial charge in [0.2, 0.25) is 11.2 Å². The fraction of sp³-hybridized carbons (Fsp3) is 0.643. The first-order valence-electron chi connectivity index (χ1n) is 7.22. The van der Waals surface area contributed by atoms with Crippen molar-refractivity contribution in [3.05, 3.63) is 17.0 Å². The van der Waals surface area contributed by atoms with E-state index in [1.807, 2.05) is 6.20 Å². The summed E-state index contributed by atoms with van der Waals surface area (Å²) in [6.45, 7) is 8.56. The molecule has 0 N–H and O–H groups in total. The standard InChI is InChI=1S/C14H20ClN5/c1-9(2)11-8-16-20-12(11)17-14(18-13(20)15)19-6-4-10(3)5-7-19/h8-10H,4-7H2,1-3H3. The van der Waals surface area contributed by atoms with E-state index in [2.05, 4.69) is 35.8 Å². The molecule has 20 heavy (non-hydrogen) atoms. The van der Waals surface area contributed by atoms with Gasteiger partial charge in [-0.2, -0.15) is 19.6 Å². The van der Waals surface area contributed by atoms with Crippen LogP contribution in [-0.4, -0.2) is 32.7 Å². The Bertz CT molecular complexity index is 613. The Balaban J connectivity index is 2.01. The van der Waals surface area contributed by atoms with Crippen molar-refractivity contribution in [2.75, 3.05) is 18.0 Å². The number of hydrogen-bond donors (Lipinski definition) is 0. The van der Waals surface area contributed by atoms with Gasteiger partial charge in [-0.05, 0) is 36.3 Å². The normalized spacial score (nSPS) is 17.4. The molecule has 108 valence electrons. The van der Waals surface area contributed by atoms with Gasteiger partial charge in [-0.1, -0.05) is 20.8 Å². The highest BCUT2D eigenvalue weighted by atomic mass is 35.5. The van der Waals surface area contributed by atoms with Crippen molar-refractivity contribution in [1.29, 1.82) is 0 Å². The van der Waals surface area contributed by atoms with E-state index in [4.69, 9.17) is 16.6 Å². The average molecular weight is 294 g/mol. The summed E-state index contributed by atoms with van der Waals surface area (Å²) in [6.07, 6.45) is 4.20. The van der Waals surface area contributed by atoms with Crippen molar-refractivity contribution in [2.45, 2.75) is 39.5 Å². The Morgan fingerprint density at radius 1 is 1.25 bits per heavy atom. The molecule has 2 aromatic heterocycles. The highest BCUT2D eigenvalue weighted by Crippen LogP contribution is 2.25. The molecular weight excluding hydrogens is 274 g/mol. The summed E-state index contributed by atoms with van der Waals surface area (Å²) in [6, 6.07) is 0. The molecule has 6 heteroatoms. The van der Waals surface area contributed by atoms with E-state index >= 15 is 0 Å². The molecule has 0 saturated carbocycles. The molecule has 1 saturated heterocycles. The van der Waals surface area contributed by atoms with Crippen molar-refractivity contribution < 1.29 is 0 Å². The molecule has 5 nitrogen and oxygen atoms in total. The summed E-state index contributed by atoms with van der Waals surface area (Å²) in [7, 11) is 0. The molecule has 1 fully saturated rings. The van der Waals surface area contributed by atoms with Crippen LogP contribution in [0.4, 0.5) is 5.95 Å². The van der Waals surface area contributed by atoms with Gasteiger partial charge in [-0.25, -0.2) is 0 Å². The lowest BCUT2D eigenvalue weighted by Crippen LogP contribution is -2.34. The number of aromatic nitrogens is 4. The van der Waals surface area contributed by atoms with Crippen LogP contribution < -0.4 is 4.90 Å². The van der Waals surface area contributed by atoms with E-state index < -0.39 is 0 Å². The zero-order valence-electron chi connectivity index (χ0n) is 12.2. The van der Waals surface area contributed by atoms with Crippen LogP contribution in [0.2, 0.25) is 5.28 Å². The number of piperidine rings is 1. The fourth-order valence-corrected chi connectivity index (χ4v) is 2.81. The van der Waals surface area contributed by atoms with Crippen molar-refractivity contribution in [3.63, 3.8) is 0 Å². The molecule has 0 aromatic carbocycles. The molecule has 1 aliphatic heterocycles. The number of halogens is 1. The Labute approximate surface area is 124 Å². The van der Waals surface area contributed by atoms with Gasteiger partial charge in [0.1, 0.15) is 0 Å². The molecule has 0 amide bonds. The maximum Gasteiger partial charge on any atom is 0.230 e. The number of hydrogen-bond acceptors (Lipinski definition) is 4. The summed E-state index contributed by atoms with van der Waals surface area (Å²) >= 11 is 6.25. The number of rotatable bonds is 2. The minimum absolute atomic E-state index is 0.368. The van der Waals surface area contributed by atoms with E-state index in [0.717, 1.165) is 36.2 Å². The SMILES string of the molecule is CC1CCN(c2nc(Cl)n3ncc(C(C)C)c3n2)CC1. The van der Waals surface area contributed by atoms with Crippen LogP contribution in [0.25, 0.3) is 5.65 Å². The second-order valence-corrected chi connectivity index (χ2v) is 6.29. The third-order valence-corrected chi connectivity index (χ3v) is 4.28. The molecule has 3 heterocycles. The molecule has 0 spiro atoms. The van der Waals surface area contributed by atoms with E-state index in [1.165, 1.54) is 12.8 Å². The zero-order valence-corrected chi connectivity index (χ0v) is 12.9. The molecule has 0 unspecified atom stereocenters. The highest BCUT2D eigenvalue weighted by molar-refractivity contribution is 6.28. The van der Waals surface area contributed by atoms with Crippen LogP contribution in [0, 0.1) is 5.92 Å². The van der Waals surface area contributed by atoms with Gasteiger partial charge in [-0.3, -0.25) is 0 Å². The minimum Gasteiger partial charge on any atom is -0.341 e. The minimum atomic E-state index is 0.368. The fourth-order valence-electron chi connectivity index (χ4n) is 2.61. The highest BCUT2D eigenvalue weighted by Gasteiger charge is 2.21. The van der Waals surface area contributed by atoms with Crippen LogP contribution in [-0.2, 0) is 0 Å². The number of anilines is 1. The zero-order chi connectivity index (χ0) is 14.3. The molecule has 0 radical (unpaired) electrons. The van der Waals surface area contributed by atoms with Gasteiger partial charge in [-0.15, -0.1) is 0 Å². The van der Waals surface area contributed by atoms with Gasteiger partial charge in [0.15, 0.2) is 5.65 Å². The Kier molecular flexibility index (Phi) is 3.54. The van der Waals surface area contributed by atoms with Gasteiger partial charge >= 0.3 is 0 Å². The number of fused-ring (bicyclic) bond motifs is 1. The lowest BCUT2D eigenvalue weighted by molar-refractivity contribution is 0.434. The molecule has 0 bridgehead atoms. The summed E-state index contributed by atoms with van der Waals surface area (Å²) in [5.41, 5.74) is 1.94. The van der Waals surface area contributed by atoms with E-state index in [-0.39, 0.29) is 0 Å². The largest absolute Gasteiger partial charge is 0.341 e. The number of nitrogens with zero attached hydrogens (tertiary/aromatic N) is 5. The molecule has 2 aromatic rings. The topological polar surface area (TPSA) is 46.3 Å². The Hall–Kier alpha value is -1.36. The maximum atomic E-state index is 6.25. The van der Waals surface area contributed by atoms with E-state index in [9.17, 15) is 0 Å². The van der Waals surface area contributed by atoms with E-state index in [0.29, 0.717) is 11.2 Å². The van der Waals surface area contributed by atoms with Gasteiger partial charge in [0, 0.05) is 18.7 Å². The lowest BCUT2D eigenvalue weighted by atomic mass is 10.00. The summed E-state index contributed by atoms with van der Waals surface area (Å²) in [5, 5.41) is 4.66. The molecule has 1 aliphatic rings. The van der Waals surface area contributed by atoms with Crippen LogP contribution in [0.5, 0.6) is 0 Å². The summed E-state index contributed by atoms with van der Waals surface area (Å²) < 4.78 is 1.62. The third kappa shape index (κ3) is 2.35. The van der Waals surface area contributed by atoms with E-state index in [1.54, 1.807) is 4.52 Å². The smallest absolute Gasteiger partial charge is 0.230 e. The molecule has 3 rings (SSSR count). The molecule has 0 aliphatic carbocycles. The Morgan fingerprint density at radius 2 is 1.95 bits per heavy atom. The van der Waals surface area contributed by atoms with Crippen LogP contribution in [0.3, 0.4) is 0 Å². The first-order valence-corrected chi connectivity index (χ1v) is 7.60. The third-order valence-electron chi connectivity index (χ3n) is 4.03. The van der Waals surface area contributed by atoms with Crippen LogP contribution in [0.15, 0.2) is 6.20 Å². The second kappa shape index (κ2) is 5.20. The van der Waals surface area contributed by atoms with Crippen molar-refractivity contribution in [3.8, 4) is 0 Å². The average Bonchev–Trinajstić information content (AvgIpc) is 2.84. The maximum absolute atomic E-state index is 6.25. The van der Waals surface area contributed by atoms with Crippen molar-refractivity contribution in [2.24, 2.45) is 5.92 Å². The lowest BCUT2D eigenvalue weighted by Gasteiger charge is -2.30. The van der Waals surface area contributed by atoms with Crippen molar-refractivity contribution in [1.82, 2.24) is 19.6 Å². The second-order valence-electron chi connectivity index (χ2n) is 5.95. The predicted molar refractivity (Wildman–Crippen MR) is 80.5 cm³/mol. The van der Waals surface area contributed by atoms with Crippen LogP contribution >= 0.6 is 11.6 Å². The van der Waals surface area contributed by atoms with Gasteiger partial charge < -0.3 is 4.90 Å².